The summed E-state index contributed by atoms with van der Waals surface area (Å²) < 4.78 is 16.0. The molecule has 0 amide bonds. The molecule has 0 spiro atoms. The first kappa shape index (κ1) is 10.4. The molecule has 62 valence electrons. The summed E-state index contributed by atoms with van der Waals surface area (Å²) in [6, 6.07) is 0. The van der Waals surface area contributed by atoms with Gasteiger partial charge in [-0.05, 0) is 19.6 Å². The summed E-state index contributed by atoms with van der Waals surface area (Å²) in [7, 11) is -5.06. The van der Waals surface area contributed by atoms with Crippen molar-refractivity contribution in [3.05, 3.63) is 0 Å². The normalized spacial score (nSPS) is 18.5. The van der Waals surface area contributed by atoms with Crippen LogP contribution in [0.2, 0.25) is 19.6 Å². The van der Waals surface area contributed by atoms with Gasteiger partial charge in [-0.3, -0.25) is 4.57 Å². The van der Waals surface area contributed by atoms with Crippen molar-refractivity contribution in [2.24, 2.45) is 0 Å². The summed E-state index contributed by atoms with van der Waals surface area (Å²) in [5, 5.41) is 0. The van der Waals surface area contributed by atoms with Crippen molar-refractivity contribution in [1.82, 2.24) is 0 Å². The summed E-state index contributed by atoms with van der Waals surface area (Å²) in [5.74, 6) is 0. The van der Waals surface area contributed by atoms with E-state index in [1.807, 2.05) is 19.6 Å². The number of rotatable bonds is 3. The van der Waals surface area contributed by atoms with Crippen LogP contribution in [0.1, 0.15) is 6.92 Å². The standard InChI is InChI=1S/C5H15O3PSi/c1-5-9(6,7)8-10(2,3)4/h5H2,1-4H3,(H,6,7). The Kier molecular flexibility index (Phi) is 3.29. The van der Waals surface area contributed by atoms with Gasteiger partial charge in [0.2, 0.25) is 0 Å². The molecule has 1 unspecified atom stereocenters. The van der Waals surface area contributed by atoms with Crippen molar-refractivity contribution in [2.75, 3.05) is 6.16 Å². The molecule has 1 N–H and O–H groups in total. The Morgan fingerprint density at radius 3 is 2.00 bits per heavy atom. The van der Waals surface area contributed by atoms with E-state index in [9.17, 15) is 4.57 Å². The average Bonchev–Trinajstić information content (AvgIpc) is 1.60. The predicted molar refractivity (Wildman–Crippen MR) is 44.8 cm³/mol. The van der Waals surface area contributed by atoms with E-state index in [1.165, 1.54) is 0 Å². The predicted octanol–water partition coefficient (Wildman–Crippen LogP) is 2.04. The molecule has 0 aliphatic heterocycles. The Hall–Kier alpha value is 0.367. The fourth-order valence-electron chi connectivity index (χ4n) is 0.492. The fourth-order valence-corrected chi connectivity index (χ4v) is 4.43. The van der Waals surface area contributed by atoms with Crippen LogP contribution in [0.15, 0.2) is 0 Å². The molecule has 0 aromatic heterocycles. The van der Waals surface area contributed by atoms with Gasteiger partial charge < -0.3 is 9.11 Å². The first-order chi connectivity index (χ1) is 4.27. The van der Waals surface area contributed by atoms with E-state index >= 15 is 0 Å². The quantitative estimate of drug-likeness (QED) is 0.536. The van der Waals surface area contributed by atoms with Crippen LogP contribution in [0.5, 0.6) is 0 Å². The molecule has 0 radical (unpaired) electrons. The second-order valence-electron chi connectivity index (χ2n) is 3.16. The van der Waals surface area contributed by atoms with Gasteiger partial charge in [-0.25, -0.2) is 0 Å². The Labute approximate surface area is 63.1 Å². The third-order valence-electron chi connectivity index (χ3n) is 0.816. The van der Waals surface area contributed by atoms with Gasteiger partial charge >= 0.3 is 7.60 Å². The lowest BCUT2D eigenvalue weighted by Crippen LogP contribution is -2.23. The van der Waals surface area contributed by atoms with Crippen molar-refractivity contribution in [2.45, 2.75) is 26.6 Å². The van der Waals surface area contributed by atoms with Gasteiger partial charge in [-0.15, -0.1) is 0 Å². The van der Waals surface area contributed by atoms with Gasteiger partial charge in [-0.2, -0.15) is 0 Å². The van der Waals surface area contributed by atoms with E-state index in [1.54, 1.807) is 6.92 Å². The third-order valence-corrected chi connectivity index (χ3v) is 4.95. The molecule has 0 aliphatic carbocycles. The molecule has 0 bridgehead atoms. The molecule has 0 aromatic rings. The molecule has 0 heterocycles. The largest absolute Gasteiger partial charge is 0.351 e. The van der Waals surface area contributed by atoms with E-state index in [2.05, 4.69) is 0 Å². The Morgan fingerprint density at radius 1 is 1.50 bits per heavy atom. The maximum absolute atomic E-state index is 11.0. The topological polar surface area (TPSA) is 46.5 Å². The third kappa shape index (κ3) is 5.18. The van der Waals surface area contributed by atoms with Crippen LogP contribution in [0.3, 0.4) is 0 Å². The van der Waals surface area contributed by atoms with E-state index in [4.69, 9.17) is 9.11 Å². The molecule has 0 aliphatic rings. The minimum atomic E-state index is -3.23. The number of hydrogen-bond acceptors (Lipinski definition) is 2. The first-order valence-electron chi connectivity index (χ1n) is 3.29. The summed E-state index contributed by atoms with van der Waals surface area (Å²) in [6.45, 7) is 7.34. The molecule has 1 atom stereocenters. The van der Waals surface area contributed by atoms with Crippen LogP contribution >= 0.6 is 7.60 Å². The van der Waals surface area contributed by atoms with Gasteiger partial charge in [0.15, 0.2) is 8.32 Å². The van der Waals surface area contributed by atoms with Crippen molar-refractivity contribution >= 4 is 15.9 Å². The number of hydrogen-bond donors (Lipinski definition) is 1. The highest BCUT2D eigenvalue weighted by atomic mass is 31.2. The van der Waals surface area contributed by atoms with Crippen LogP contribution in [0.25, 0.3) is 0 Å². The zero-order valence-electron chi connectivity index (χ0n) is 6.92. The lowest BCUT2D eigenvalue weighted by atomic mass is 11.0. The molecule has 10 heavy (non-hydrogen) atoms. The van der Waals surface area contributed by atoms with E-state index in [0.29, 0.717) is 0 Å². The van der Waals surface area contributed by atoms with Gasteiger partial charge in [0.05, 0.1) is 0 Å². The highest BCUT2D eigenvalue weighted by Gasteiger charge is 2.26. The van der Waals surface area contributed by atoms with Crippen LogP contribution in [0, 0.1) is 0 Å². The molecule has 0 rings (SSSR count). The Balaban J connectivity index is 4.03. The molecule has 5 heteroatoms. The smallest absolute Gasteiger partial charge is 0.318 e. The van der Waals surface area contributed by atoms with Crippen molar-refractivity contribution in [1.29, 1.82) is 0 Å². The van der Waals surface area contributed by atoms with Crippen LogP contribution in [-0.4, -0.2) is 19.4 Å². The maximum atomic E-state index is 11.0. The monoisotopic (exact) mass is 182 g/mol. The fraction of sp³-hybridized carbons (Fsp3) is 1.00. The lowest BCUT2D eigenvalue weighted by molar-refractivity contribution is 0.380. The highest BCUT2D eigenvalue weighted by molar-refractivity contribution is 7.54. The summed E-state index contributed by atoms with van der Waals surface area (Å²) in [4.78, 5) is 9.03. The molecule has 0 aromatic carbocycles. The molecular weight excluding hydrogens is 167 g/mol. The van der Waals surface area contributed by atoms with E-state index < -0.39 is 15.9 Å². The van der Waals surface area contributed by atoms with Crippen LogP contribution in [0.4, 0.5) is 0 Å². The molecule has 0 saturated carbocycles. The first-order valence-corrected chi connectivity index (χ1v) is 8.46. The lowest BCUT2D eigenvalue weighted by Gasteiger charge is -2.20. The van der Waals surface area contributed by atoms with Gasteiger partial charge in [0.25, 0.3) is 0 Å². The highest BCUT2D eigenvalue weighted by Crippen LogP contribution is 2.44. The minimum Gasteiger partial charge on any atom is -0.351 e. The zero-order valence-corrected chi connectivity index (χ0v) is 8.81. The Morgan fingerprint density at radius 2 is 1.90 bits per heavy atom. The summed E-state index contributed by atoms with van der Waals surface area (Å²) in [6.07, 6.45) is 0.206. The molecule has 0 saturated heterocycles. The van der Waals surface area contributed by atoms with Crippen LogP contribution in [-0.2, 0) is 8.78 Å². The van der Waals surface area contributed by atoms with E-state index in [-0.39, 0.29) is 6.16 Å². The maximum Gasteiger partial charge on any atom is 0.318 e. The Bertz CT molecular complexity index is 151. The average molecular weight is 182 g/mol. The second-order valence-corrected chi connectivity index (χ2v) is 10.0. The molecular formula is C5H15O3PSi. The van der Waals surface area contributed by atoms with Crippen molar-refractivity contribution < 1.29 is 13.7 Å². The minimum absolute atomic E-state index is 0.206. The van der Waals surface area contributed by atoms with Crippen molar-refractivity contribution in [3.8, 4) is 0 Å². The van der Waals surface area contributed by atoms with Crippen LogP contribution < -0.4 is 0 Å². The van der Waals surface area contributed by atoms with Crippen molar-refractivity contribution in [3.63, 3.8) is 0 Å². The van der Waals surface area contributed by atoms with Gasteiger partial charge in [-0.1, -0.05) is 6.92 Å². The van der Waals surface area contributed by atoms with E-state index in [0.717, 1.165) is 0 Å². The SMILES string of the molecule is CCP(=O)(O)O[Si](C)(C)C. The zero-order chi connectivity index (χ0) is 8.41. The molecule has 3 nitrogen and oxygen atoms in total. The summed E-state index contributed by atoms with van der Waals surface area (Å²) >= 11 is 0. The van der Waals surface area contributed by atoms with Gasteiger partial charge in [0.1, 0.15) is 0 Å². The summed E-state index contributed by atoms with van der Waals surface area (Å²) in [5.41, 5.74) is 0. The molecule has 0 fully saturated rings. The second kappa shape index (κ2) is 3.18. The van der Waals surface area contributed by atoms with Gasteiger partial charge in [0, 0.05) is 6.16 Å².